The molecule has 0 aromatic heterocycles. The van der Waals surface area contributed by atoms with Crippen LogP contribution in [0.25, 0.3) is 0 Å². The summed E-state index contributed by atoms with van der Waals surface area (Å²) in [7, 11) is 1.85. The van der Waals surface area contributed by atoms with Crippen molar-refractivity contribution in [2.45, 2.75) is 13.5 Å². The Bertz CT molecular complexity index is 878. The number of rotatable bonds is 6. The topological polar surface area (TPSA) is 43.9 Å². The monoisotopic (exact) mass is 401 g/mol. The van der Waals surface area contributed by atoms with Gasteiger partial charge in [-0.05, 0) is 49.9 Å². The van der Waals surface area contributed by atoms with E-state index in [4.69, 9.17) is 0 Å². The largest absolute Gasteiger partial charge is 0.366 e. The lowest BCUT2D eigenvalue weighted by molar-refractivity contribution is -0.132. The van der Waals surface area contributed by atoms with Crippen LogP contribution in [0.3, 0.4) is 0 Å². The lowest BCUT2D eigenvalue weighted by Crippen LogP contribution is -2.51. The molecule has 1 aliphatic heterocycles. The number of hydrogen-bond donors (Lipinski definition) is 0. The first kappa shape index (κ1) is 20.9. The predicted octanol–water partition coefficient (Wildman–Crippen LogP) is 2.95. The van der Waals surface area contributed by atoms with Gasteiger partial charge in [-0.15, -0.1) is 0 Å². The zero-order valence-electron chi connectivity index (χ0n) is 16.7. The second-order valence-electron chi connectivity index (χ2n) is 7.39. The second kappa shape index (κ2) is 9.13. The van der Waals surface area contributed by atoms with Gasteiger partial charge in [-0.25, -0.2) is 8.78 Å². The van der Waals surface area contributed by atoms with E-state index < -0.39 is 5.82 Å². The molecule has 2 aromatic carbocycles. The maximum Gasteiger partial charge on any atom is 0.236 e. The Kier molecular flexibility index (Phi) is 6.59. The van der Waals surface area contributed by atoms with E-state index in [0.717, 1.165) is 5.56 Å². The number of benzene rings is 2. The van der Waals surface area contributed by atoms with E-state index in [1.807, 2.05) is 16.8 Å². The summed E-state index contributed by atoms with van der Waals surface area (Å²) in [5.74, 6) is -0.855. The van der Waals surface area contributed by atoms with Crippen molar-refractivity contribution in [3.05, 3.63) is 65.2 Å². The quantitative estimate of drug-likeness (QED) is 0.698. The number of halogens is 2. The van der Waals surface area contributed by atoms with Crippen molar-refractivity contribution >= 4 is 17.4 Å². The van der Waals surface area contributed by atoms with Gasteiger partial charge in [-0.3, -0.25) is 14.5 Å². The molecule has 154 valence electrons. The van der Waals surface area contributed by atoms with Crippen LogP contribution in [0.5, 0.6) is 0 Å². The summed E-state index contributed by atoms with van der Waals surface area (Å²) in [5, 5.41) is 0. The Morgan fingerprint density at radius 1 is 1.00 bits per heavy atom. The van der Waals surface area contributed by atoms with E-state index in [2.05, 4.69) is 0 Å². The Hall–Kier alpha value is -2.80. The van der Waals surface area contributed by atoms with E-state index >= 15 is 0 Å². The molecule has 5 nitrogen and oxygen atoms in total. The molecule has 1 fully saturated rings. The average molecular weight is 401 g/mol. The molecule has 0 unspecified atom stereocenters. The van der Waals surface area contributed by atoms with Crippen LogP contribution in [0, 0.1) is 11.6 Å². The van der Waals surface area contributed by atoms with Gasteiger partial charge in [0.05, 0.1) is 12.2 Å². The standard InChI is InChI=1S/C22H25F2N3O2/c1-16(28)18-5-8-21(20(24)13-18)26-9-11-27(12-10-26)22(29)15-25(2)14-17-3-6-19(23)7-4-17/h3-8,13H,9-12,14-15H2,1-2H3. The molecule has 1 saturated heterocycles. The minimum absolute atomic E-state index is 0.0154. The predicted molar refractivity (Wildman–Crippen MR) is 108 cm³/mol. The molecule has 3 rings (SSSR count). The van der Waals surface area contributed by atoms with Gasteiger partial charge in [0.15, 0.2) is 5.78 Å². The zero-order chi connectivity index (χ0) is 21.0. The van der Waals surface area contributed by atoms with Gasteiger partial charge in [0.2, 0.25) is 5.91 Å². The molecule has 0 atom stereocenters. The lowest BCUT2D eigenvalue weighted by atomic mass is 10.1. The Morgan fingerprint density at radius 2 is 1.66 bits per heavy atom. The van der Waals surface area contributed by atoms with Crippen molar-refractivity contribution < 1.29 is 18.4 Å². The third-order valence-electron chi connectivity index (χ3n) is 5.10. The van der Waals surface area contributed by atoms with Crippen LogP contribution in [0.15, 0.2) is 42.5 Å². The molecule has 0 radical (unpaired) electrons. The third kappa shape index (κ3) is 5.38. The van der Waals surface area contributed by atoms with Crippen LogP contribution in [-0.4, -0.2) is 61.3 Å². The van der Waals surface area contributed by atoms with Crippen molar-refractivity contribution in [2.24, 2.45) is 0 Å². The minimum atomic E-state index is -0.420. The second-order valence-corrected chi connectivity index (χ2v) is 7.39. The number of likely N-dealkylation sites (N-methyl/N-ethyl adjacent to an activating group) is 1. The fraction of sp³-hybridized carbons (Fsp3) is 0.364. The Labute approximate surface area is 169 Å². The number of piperazine rings is 1. The number of ketones is 1. The lowest BCUT2D eigenvalue weighted by Gasteiger charge is -2.37. The van der Waals surface area contributed by atoms with Crippen molar-refractivity contribution in [3.8, 4) is 0 Å². The highest BCUT2D eigenvalue weighted by Gasteiger charge is 2.23. The molecule has 0 saturated carbocycles. The Balaban J connectivity index is 1.51. The number of amides is 1. The SMILES string of the molecule is CC(=O)c1ccc(N2CCN(C(=O)CN(C)Cc3ccc(F)cc3)CC2)c(F)c1. The number of nitrogens with zero attached hydrogens (tertiary/aromatic N) is 3. The maximum atomic E-state index is 14.4. The van der Waals surface area contributed by atoms with Crippen LogP contribution in [0.1, 0.15) is 22.8 Å². The molecule has 0 spiro atoms. The fourth-order valence-electron chi connectivity index (χ4n) is 3.47. The number of carbonyl (C=O) groups is 2. The van der Waals surface area contributed by atoms with Crippen molar-refractivity contribution in [2.75, 3.05) is 44.7 Å². The smallest absolute Gasteiger partial charge is 0.236 e. The third-order valence-corrected chi connectivity index (χ3v) is 5.10. The highest BCUT2D eigenvalue weighted by Crippen LogP contribution is 2.22. The maximum absolute atomic E-state index is 14.4. The van der Waals surface area contributed by atoms with Gasteiger partial charge in [0.1, 0.15) is 11.6 Å². The van der Waals surface area contributed by atoms with E-state index in [1.165, 1.54) is 25.1 Å². The van der Waals surface area contributed by atoms with Crippen molar-refractivity contribution in [1.82, 2.24) is 9.80 Å². The van der Waals surface area contributed by atoms with E-state index in [9.17, 15) is 18.4 Å². The average Bonchev–Trinajstić information content (AvgIpc) is 2.69. The molecule has 0 N–H and O–H groups in total. The number of Topliss-reactive ketones (excluding diaryl/α,β-unsaturated/α-hetero) is 1. The van der Waals surface area contributed by atoms with Gasteiger partial charge in [0, 0.05) is 38.3 Å². The van der Waals surface area contributed by atoms with Crippen molar-refractivity contribution in [3.63, 3.8) is 0 Å². The first-order valence-corrected chi connectivity index (χ1v) is 9.59. The molecule has 29 heavy (non-hydrogen) atoms. The molecule has 0 bridgehead atoms. The molecular formula is C22H25F2N3O2. The molecule has 1 amide bonds. The highest BCUT2D eigenvalue weighted by molar-refractivity contribution is 5.94. The summed E-state index contributed by atoms with van der Waals surface area (Å²) in [6, 6.07) is 10.8. The molecule has 1 heterocycles. The van der Waals surface area contributed by atoms with Gasteiger partial charge in [-0.1, -0.05) is 12.1 Å². The molecule has 2 aromatic rings. The van der Waals surface area contributed by atoms with Gasteiger partial charge < -0.3 is 9.80 Å². The van der Waals surface area contributed by atoms with E-state index in [0.29, 0.717) is 44.0 Å². The summed E-state index contributed by atoms with van der Waals surface area (Å²) in [6.07, 6.45) is 0. The first-order chi connectivity index (χ1) is 13.8. The van der Waals surface area contributed by atoms with Crippen LogP contribution in [-0.2, 0) is 11.3 Å². The van der Waals surface area contributed by atoms with Gasteiger partial charge >= 0.3 is 0 Å². The van der Waals surface area contributed by atoms with E-state index in [1.54, 1.807) is 29.2 Å². The summed E-state index contributed by atoms with van der Waals surface area (Å²) in [4.78, 5) is 29.5. The Morgan fingerprint density at radius 3 is 2.24 bits per heavy atom. The van der Waals surface area contributed by atoms with Crippen LogP contribution in [0.4, 0.5) is 14.5 Å². The van der Waals surface area contributed by atoms with Crippen LogP contribution in [0.2, 0.25) is 0 Å². The summed E-state index contributed by atoms with van der Waals surface area (Å²) in [6.45, 7) is 4.31. The van der Waals surface area contributed by atoms with Crippen molar-refractivity contribution in [1.29, 1.82) is 0 Å². The summed E-state index contributed by atoms with van der Waals surface area (Å²) < 4.78 is 27.3. The number of anilines is 1. The molecule has 1 aliphatic rings. The fourth-order valence-corrected chi connectivity index (χ4v) is 3.47. The summed E-state index contributed by atoms with van der Waals surface area (Å²) in [5.41, 5.74) is 1.75. The highest BCUT2D eigenvalue weighted by atomic mass is 19.1. The van der Waals surface area contributed by atoms with E-state index in [-0.39, 0.29) is 24.1 Å². The zero-order valence-corrected chi connectivity index (χ0v) is 16.7. The summed E-state index contributed by atoms with van der Waals surface area (Å²) >= 11 is 0. The minimum Gasteiger partial charge on any atom is -0.366 e. The van der Waals surface area contributed by atoms with Gasteiger partial charge in [0.25, 0.3) is 0 Å². The molecular weight excluding hydrogens is 376 g/mol. The number of hydrogen-bond acceptors (Lipinski definition) is 4. The number of carbonyl (C=O) groups excluding carboxylic acids is 2. The normalized spacial score (nSPS) is 14.4. The van der Waals surface area contributed by atoms with Gasteiger partial charge in [-0.2, -0.15) is 0 Å². The molecule has 0 aliphatic carbocycles. The first-order valence-electron chi connectivity index (χ1n) is 9.59. The van der Waals surface area contributed by atoms with Crippen LogP contribution >= 0.6 is 0 Å². The van der Waals surface area contributed by atoms with Crippen LogP contribution < -0.4 is 4.90 Å². The molecule has 7 heteroatoms.